The molecular formula is C27H38N4O5S. The van der Waals surface area contributed by atoms with Gasteiger partial charge in [0.05, 0.1) is 11.5 Å². The van der Waals surface area contributed by atoms with Crippen molar-refractivity contribution in [1.82, 2.24) is 20.4 Å². The maximum Gasteiger partial charge on any atom is 0.268 e. The largest absolute Gasteiger partial charge is 0.490 e. The second kappa shape index (κ2) is 13.7. The van der Waals surface area contributed by atoms with Crippen LogP contribution in [0.5, 0.6) is 5.75 Å². The highest BCUT2D eigenvalue weighted by Gasteiger charge is 2.18. The van der Waals surface area contributed by atoms with E-state index in [2.05, 4.69) is 47.2 Å². The summed E-state index contributed by atoms with van der Waals surface area (Å²) in [5, 5.41) is 25.8. The third kappa shape index (κ3) is 7.61. The van der Waals surface area contributed by atoms with Gasteiger partial charge in [0.15, 0.2) is 0 Å². The van der Waals surface area contributed by atoms with Crippen molar-refractivity contribution < 1.29 is 24.3 Å². The Morgan fingerprint density at radius 3 is 2.62 bits per heavy atom. The van der Waals surface area contributed by atoms with E-state index in [1.807, 2.05) is 26.0 Å². The van der Waals surface area contributed by atoms with Gasteiger partial charge in [-0.3, -0.25) is 9.69 Å². The van der Waals surface area contributed by atoms with Gasteiger partial charge in [-0.1, -0.05) is 25.9 Å². The number of amides is 1. The minimum Gasteiger partial charge on any atom is -0.490 e. The zero-order chi connectivity index (χ0) is 26.9. The molecule has 0 aliphatic rings. The Morgan fingerprint density at radius 2 is 1.95 bits per heavy atom. The van der Waals surface area contributed by atoms with Crippen LogP contribution in [-0.4, -0.2) is 70.1 Å². The predicted molar refractivity (Wildman–Crippen MR) is 145 cm³/mol. The number of aromatic nitrogens is 2. The summed E-state index contributed by atoms with van der Waals surface area (Å²) in [7, 11) is 0. The van der Waals surface area contributed by atoms with E-state index in [9.17, 15) is 9.90 Å². The van der Waals surface area contributed by atoms with Crippen LogP contribution >= 0.6 is 11.3 Å². The van der Waals surface area contributed by atoms with E-state index in [0.29, 0.717) is 17.5 Å². The second-order valence-electron chi connectivity index (χ2n) is 8.98. The number of aliphatic hydroxyl groups excluding tert-OH is 2. The molecule has 10 heteroatoms. The highest BCUT2D eigenvalue weighted by molar-refractivity contribution is 7.15. The van der Waals surface area contributed by atoms with Crippen molar-refractivity contribution in [2.75, 3.05) is 32.8 Å². The summed E-state index contributed by atoms with van der Waals surface area (Å²) in [6, 6.07) is 6.04. The maximum absolute atomic E-state index is 11.5. The van der Waals surface area contributed by atoms with E-state index in [1.54, 1.807) is 11.3 Å². The number of aryl methyl sites for hydroxylation is 3. The highest BCUT2D eigenvalue weighted by Crippen LogP contribution is 2.34. The van der Waals surface area contributed by atoms with Gasteiger partial charge in [0, 0.05) is 30.0 Å². The van der Waals surface area contributed by atoms with Crippen LogP contribution < -0.4 is 10.1 Å². The summed E-state index contributed by atoms with van der Waals surface area (Å²) in [4.78, 5) is 20.8. The summed E-state index contributed by atoms with van der Waals surface area (Å²) in [5.41, 5.74) is 3.93. The lowest BCUT2D eigenvalue weighted by Crippen LogP contribution is -2.35. The van der Waals surface area contributed by atoms with E-state index in [1.165, 1.54) is 10.4 Å². The molecule has 0 radical (unpaired) electrons. The van der Waals surface area contributed by atoms with Gasteiger partial charge in [0.2, 0.25) is 11.7 Å². The molecule has 0 aliphatic carbocycles. The molecule has 3 aromatic rings. The molecule has 0 fully saturated rings. The number of nitrogens with zero attached hydrogens (tertiary/aromatic N) is 3. The summed E-state index contributed by atoms with van der Waals surface area (Å²) < 4.78 is 11.6. The predicted octanol–water partition coefficient (Wildman–Crippen LogP) is 3.72. The zero-order valence-corrected chi connectivity index (χ0v) is 23.2. The summed E-state index contributed by atoms with van der Waals surface area (Å²) in [5.74, 6) is 1.41. The normalized spacial score (nSPS) is 12.2. The lowest BCUT2D eigenvalue weighted by Gasteiger charge is -2.17. The molecule has 0 spiro atoms. The van der Waals surface area contributed by atoms with Gasteiger partial charge >= 0.3 is 0 Å². The molecule has 0 bridgehead atoms. The Labute approximate surface area is 222 Å². The standard InChI is InChI=1S/C27H38N4O5S/c1-6-19-13-20(11-18(5)25(19)35-16-21(33)14-28-24(34)9-10-32)26-29-27(36-30-26)22-12-17(4)23(37-22)15-31(7-2)8-3/h11-13,21,32-33H,6-10,14-16H2,1-5H3,(H,28,34)/t21-/m0/s1. The van der Waals surface area contributed by atoms with E-state index in [0.717, 1.165) is 47.6 Å². The quantitative estimate of drug-likeness (QED) is 0.288. The average molecular weight is 531 g/mol. The SMILES string of the molecule is CCc1cc(-c2noc(-c3cc(C)c(CN(CC)CC)s3)n2)cc(C)c1OC[C@@H](O)CNC(=O)CCO. The lowest BCUT2D eigenvalue weighted by molar-refractivity contribution is -0.122. The van der Waals surface area contributed by atoms with Crippen molar-refractivity contribution in [2.24, 2.45) is 0 Å². The molecule has 0 unspecified atom stereocenters. The number of rotatable bonds is 14. The number of thiophene rings is 1. The molecule has 0 saturated heterocycles. The van der Waals surface area contributed by atoms with Gasteiger partial charge < -0.3 is 24.8 Å². The van der Waals surface area contributed by atoms with Crippen molar-refractivity contribution in [2.45, 2.75) is 60.1 Å². The highest BCUT2D eigenvalue weighted by atomic mass is 32.1. The third-order valence-electron chi connectivity index (χ3n) is 6.20. The number of aliphatic hydroxyl groups is 2. The average Bonchev–Trinajstić information content (AvgIpc) is 3.52. The Kier molecular flexibility index (Phi) is 10.6. The van der Waals surface area contributed by atoms with Gasteiger partial charge in [-0.05, 0) is 68.2 Å². The minimum atomic E-state index is -0.868. The van der Waals surface area contributed by atoms with Crippen LogP contribution in [0.2, 0.25) is 0 Å². The monoisotopic (exact) mass is 530 g/mol. The van der Waals surface area contributed by atoms with Crippen LogP contribution in [-0.2, 0) is 17.8 Å². The van der Waals surface area contributed by atoms with Crippen molar-refractivity contribution in [3.8, 4) is 27.9 Å². The molecule has 1 amide bonds. The molecule has 0 aliphatic heterocycles. The molecule has 9 nitrogen and oxygen atoms in total. The first-order valence-electron chi connectivity index (χ1n) is 12.8. The molecule has 37 heavy (non-hydrogen) atoms. The third-order valence-corrected chi connectivity index (χ3v) is 7.41. The van der Waals surface area contributed by atoms with Crippen molar-refractivity contribution in [3.05, 3.63) is 39.8 Å². The summed E-state index contributed by atoms with van der Waals surface area (Å²) >= 11 is 1.69. The minimum absolute atomic E-state index is 0.00942. The molecular weight excluding hydrogens is 492 g/mol. The number of hydrogen-bond donors (Lipinski definition) is 3. The lowest BCUT2D eigenvalue weighted by atomic mass is 10.0. The van der Waals surface area contributed by atoms with Crippen LogP contribution in [0, 0.1) is 13.8 Å². The molecule has 2 heterocycles. The van der Waals surface area contributed by atoms with Crippen molar-refractivity contribution >= 4 is 17.2 Å². The smallest absolute Gasteiger partial charge is 0.268 e. The number of hydrogen-bond acceptors (Lipinski definition) is 9. The van der Waals surface area contributed by atoms with Crippen LogP contribution in [0.1, 0.15) is 48.8 Å². The van der Waals surface area contributed by atoms with E-state index in [-0.39, 0.29) is 32.1 Å². The first-order valence-corrected chi connectivity index (χ1v) is 13.6. The molecule has 1 aromatic carbocycles. The van der Waals surface area contributed by atoms with Crippen LogP contribution in [0.25, 0.3) is 22.2 Å². The maximum atomic E-state index is 11.5. The van der Waals surface area contributed by atoms with E-state index < -0.39 is 6.10 Å². The van der Waals surface area contributed by atoms with Crippen molar-refractivity contribution in [3.63, 3.8) is 0 Å². The zero-order valence-electron chi connectivity index (χ0n) is 22.3. The van der Waals surface area contributed by atoms with E-state index >= 15 is 0 Å². The number of ether oxygens (including phenoxy) is 1. The van der Waals surface area contributed by atoms with Gasteiger partial charge in [-0.25, -0.2) is 0 Å². The molecule has 3 rings (SSSR count). The van der Waals surface area contributed by atoms with Crippen LogP contribution in [0.4, 0.5) is 0 Å². The van der Waals surface area contributed by atoms with Gasteiger partial charge in [0.25, 0.3) is 5.89 Å². The molecule has 2 aromatic heterocycles. The van der Waals surface area contributed by atoms with Crippen molar-refractivity contribution in [1.29, 1.82) is 0 Å². The van der Waals surface area contributed by atoms with E-state index in [4.69, 9.17) is 14.4 Å². The second-order valence-corrected chi connectivity index (χ2v) is 10.1. The Hall–Kier alpha value is -2.79. The number of nitrogens with one attached hydrogen (secondary N) is 1. The summed E-state index contributed by atoms with van der Waals surface area (Å²) in [6.45, 7) is 13.2. The number of carbonyl (C=O) groups excluding carboxylic acids is 1. The van der Waals surface area contributed by atoms with Crippen LogP contribution in [0.3, 0.4) is 0 Å². The summed E-state index contributed by atoms with van der Waals surface area (Å²) in [6.07, 6.45) is -0.140. The molecule has 0 saturated carbocycles. The van der Waals surface area contributed by atoms with Crippen LogP contribution in [0.15, 0.2) is 22.7 Å². The molecule has 202 valence electrons. The number of benzene rings is 1. The first-order chi connectivity index (χ1) is 17.8. The fourth-order valence-corrected chi connectivity index (χ4v) is 5.12. The first kappa shape index (κ1) is 28.8. The number of carbonyl (C=O) groups is 1. The fraction of sp³-hybridized carbons (Fsp3) is 0.519. The Bertz CT molecular complexity index is 1170. The van der Waals surface area contributed by atoms with Gasteiger partial charge in [0.1, 0.15) is 18.5 Å². The van der Waals surface area contributed by atoms with Gasteiger partial charge in [-0.2, -0.15) is 4.98 Å². The molecule has 1 atom stereocenters. The Morgan fingerprint density at radius 1 is 1.19 bits per heavy atom. The van der Waals surface area contributed by atoms with Gasteiger partial charge in [-0.15, -0.1) is 11.3 Å². The fourth-order valence-electron chi connectivity index (χ4n) is 3.98. The topological polar surface area (TPSA) is 121 Å². The molecule has 3 N–H and O–H groups in total. The Balaban J connectivity index is 1.72.